The summed E-state index contributed by atoms with van der Waals surface area (Å²) in [7, 11) is -3.73. The van der Waals surface area contributed by atoms with Crippen LogP contribution in [0.3, 0.4) is 0 Å². The molecule has 0 saturated carbocycles. The quantitative estimate of drug-likeness (QED) is 0.230. The predicted molar refractivity (Wildman–Crippen MR) is 153 cm³/mol. The molecule has 5 rings (SSSR count). The predicted octanol–water partition coefficient (Wildman–Crippen LogP) is 6.95. The fraction of sp³-hybridized carbons (Fsp3) is 0.167. The molecule has 0 amide bonds. The summed E-state index contributed by atoms with van der Waals surface area (Å²) in [6, 6.07) is 25.4. The average molecular weight is 540 g/mol. The zero-order valence-electron chi connectivity index (χ0n) is 22.1. The summed E-state index contributed by atoms with van der Waals surface area (Å²) < 4.78 is 33.9. The van der Waals surface area contributed by atoms with Crippen molar-refractivity contribution in [3.63, 3.8) is 0 Å². The van der Waals surface area contributed by atoms with Gasteiger partial charge in [-0.15, -0.1) is 0 Å². The van der Waals surface area contributed by atoms with Crippen LogP contribution in [-0.4, -0.2) is 23.5 Å². The summed E-state index contributed by atoms with van der Waals surface area (Å²) in [6.07, 6.45) is 1.68. The Balaban J connectivity index is 1.29. The van der Waals surface area contributed by atoms with E-state index in [2.05, 4.69) is 45.9 Å². The Hall–Kier alpha value is -4.50. The molecule has 3 aromatic carbocycles. The minimum atomic E-state index is -3.73. The molecule has 0 aliphatic carbocycles. The summed E-state index contributed by atoms with van der Waals surface area (Å²) >= 11 is 0. The molecule has 0 spiro atoms. The molecule has 8 nitrogen and oxygen atoms in total. The van der Waals surface area contributed by atoms with Gasteiger partial charge in [-0.05, 0) is 84.1 Å². The normalized spacial score (nSPS) is 11.8. The zero-order valence-corrected chi connectivity index (χ0v) is 23.0. The molecule has 0 fully saturated rings. The van der Waals surface area contributed by atoms with Crippen LogP contribution in [-0.2, 0) is 15.4 Å². The average Bonchev–Trinajstić information content (AvgIpc) is 3.39. The van der Waals surface area contributed by atoms with Crippen molar-refractivity contribution in [3.05, 3.63) is 102 Å². The Labute approximate surface area is 228 Å². The summed E-state index contributed by atoms with van der Waals surface area (Å²) in [6.45, 7) is 8.28. The van der Waals surface area contributed by atoms with Crippen LogP contribution >= 0.6 is 0 Å². The van der Waals surface area contributed by atoms with Gasteiger partial charge in [0.15, 0.2) is 0 Å². The van der Waals surface area contributed by atoms with Crippen molar-refractivity contribution in [3.8, 4) is 22.8 Å². The Morgan fingerprint density at radius 2 is 1.56 bits per heavy atom. The highest BCUT2D eigenvalue weighted by atomic mass is 32.2. The van der Waals surface area contributed by atoms with Gasteiger partial charge in [0.1, 0.15) is 5.82 Å². The molecule has 0 unspecified atom stereocenters. The maximum atomic E-state index is 12.9. The number of aryl methyl sites for hydroxylation is 1. The molecule has 0 atom stereocenters. The molecular weight excluding hydrogens is 510 g/mol. The van der Waals surface area contributed by atoms with E-state index < -0.39 is 10.0 Å². The number of nitrogens with zero attached hydrogens (tertiary/aromatic N) is 3. The van der Waals surface area contributed by atoms with Crippen LogP contribution in [0, 0.1) is 6.92 Å². The number of aromatic nitrogens is 3. The van der Waals surface area contributed by atoms with Crippen LogP contribution in [0.25, 0.3) is 22.8 Å². The lowest BCUT2D eigenvalue weighted by atomic mass is 9.87. The number of hydrogen-bond acceptors (Lipinski definition) is 7. The van der Waals surface area contributed by atoms with Crippen molar-refractivity contribution in [2.45, 2.75) is 38.0 Å². The van der Waals surface area contributed by atoms with E-state index in [1.807, 2.05) is 55.5 Å². The first-order valence-corrected chi connectivity index (χ1v) is 13.9. The first-order valence-electron chi connectivity index (χ1n) is 12.4. The maximum Gasteiger partial charge on any atom is 0.261 e. The van der Waals surface area contributed by atoms with E-state index in [1.165, 1.54) is 0 Å². The van der Waals surface area contributed by atoms with Crippen LogP contribution in [0.2, 0.25) is 0 Å². The van der Waals surface area contributed by atoms with Gasteiger partial charge >= 0.3 is 0 Å². The minimum absolute atomic E-state index is 0.0574. The molecule has 198 valence electrons. The number of hydrogen-bond donors (Lipinski definition) is 2. The van der Waals surface area contributed by atoms with E-state index in [9.17, 15) is 8.42 Å². The highest BCUT2D eigenvalue weighted by molar-refractivity contribution is 7.92. The van der Waals surface area contributed by atoms with E-state index in [0.29, 0.717) is 28.8 Å². The van der Waals surface area contributed by atoms with Gasteiger partial charge in [0.2, 0.25) is 5.82 Å². The second-order valence-electron chi connectivity index (χ2n) is 10.3. The fourth-order valence-corrected chi connectivity index (χ4v) is 5.05. The molecule has 0 saturated heterocycles. The van der Waals surface area contributed by atoms with Gasteiger partial charge in [0.05, 0.1) is 4.90 Å². The van der Waals surface area contributed by atoms with E-state index in [4.69, 9.17) is 4.52 Å². The van der Waals surface area contributed by atoms with Crippen molar-refractivity contribution >= 4 is 27.2 Å². The van der Waals surface area contributed by atoms with Crippen molar-refractivity contribution in [2.24, 2.45) is 0 Å². The van der Waals surface area contributed by atoms with E-state index in [0.717, 1.165) is 22.4 Å². The summed E-state index contributed by atoms with van der Waals surface area (Å²) in [5.41, 5.74) is 4.93. The third-order valence-corrected chi connectivity index (χ3v) is 7.55. The molecule has 39 heavy (non-hydrogen) atoms. The van der Waals surface area contributed by atoms with Crippen LogP contribution < -0.4 is 10.0 Å². The zero-order chi connectivity index (χ0) is 27.6. The number of rotatable bonds is 7. The minimum Gasteiger partial charge on any atom is -0.340 e. The van der Waals surface area contributed by atoms with Gasteiger partial charge in [-0.2, -0.15) is 4.98 Å². The van der Waals surface area contributed by atoms with Gasteiger partial charge in [-0.1, -0.05) is 50.2 Å². The lowest BCUT2D eigenvalue weighted by molar-refractivity contribution is 0.432. The molecule has 5 aromatic rings. The first kappa shape index (κ1) is 26.1. The molecular formula is C30H29N5O3S. The van der Waals surface area contributed by atoms with Crippen LogP contribution in [0.15, 0.2) is 101 Å². The summed E-state index contributed by atoms with van der Waals surface area (Å²) in [5, 5.41) is 7.40. The number of benzene rings is 3. The number of nitrogens with one attached hydrogen (secondary N) is 2. The van der Waals surface area contributed by atoms with E-state index >= 15 is 0 Å². The number of pyridine rings is 1. The molecule has 0 aliphatic heterocycles. The number of anilines is 3. The lowest BCUT2D eigenvalue weighted by Crippen LogP contribution is -2.14. The molecule has 0 bridgehead atoms. The Morgan fingerprint density at radius 3 is 2.26 bits per heavy atom. The monoisotopic (exact) mass is 539 g/mol. The highest BCUT2D eigenvalue weighted by Crippen LogP contribution is 2.27. The van der Waals surface area contributed by atoms with E-state index in [-0.39, 0.29) is 10.3 Å². The van der Waals surface area contributed by atoms with Crippen molar-refractivity contribution in [1.29, 1.82) is 0 Å². The first-order chi connectivity index (χ1) is 18.6. The van der Waals surface area contributed by atoms with Crippen molar-refractivity contribution < 1.29 is 12.9 Å². The smallest absolute Gasteiger partial charge is 0.261 e. The summed E-state index contributed by atoms with van der Waals surface area (Å²) in [5.74, 6) is 1.40. The second-order valence-corrected chi connectivity index (χ2v) is 12.0. The molecule has 0 aliphatic rings. The topological polar surface area (TPSA) is 110 Å². The Morgan fingerprint density at radius 1 is 0.821 bits per heavy atom. The van der Waals surface area contributed by atoms with Crippen LogP contribution in [0.4, 0.5) is 17.2 Å². The van der Waals surface area contributed by atoms with Gasteiger partial charge in [-0.3, -0.25) is 4.72 Å². The molecule has 0 radical (unpaired) electrons. The van der Waals surface area contributed by atoms with E-state index in [1.54, 1.807) is 42.6 Å². The Kier molecular flexibility index (Phi) is 6.93. The van der Waals surface area contributed by atoms with Gasteiger partial charge in [0, 0.05) is 28.7 Å². The molecule has 9 heteroatoms. The molecule has 2 aromatic heterocycles. The van der Waals surface area contributed by atoms with Gasteiger partial charge in [-0.25, -0.2) is 13.4 Å². The standard InChI is InChI=1S/C30H29N5O3S/c1-20-6-5-7-25(18-20)32-27-19-22(16-17-31-27)28-33-29(38-34-28)21-8-12-24(13-9-21)35-39(36,37)26-14-10-23(11-15-26)30(2,3)4/h5-19,35H,1-4H3,(H,31,32). The molecule has 2 N–H and O–H groups in total. The lowest BCUT2D eigenvalue weighted by Gasteiger charge is -2.19. The SMILES string of the molecule is Cc1cccc(Nc2cc(-c3noc(-c4ccc(NS(=O)(=O)c5ccc(C(C)(C)C)cc5)cc4)n3)ccn2)c1. The van der Waals surface area contributed by atoms with Crippen molar-refractivity contribution in [2.75, 3.05) is 10.0 Å². The van der Waals surface area contributed by atoms with Crippen LogP contribution in [0.5, 0.6) is 0 Å². The molecule has 2 heterocycles. The highest BCUT2D eigenvalue weighted by Gasteiger charge is 2.18. The third kappa shape index (κ3) is 6.15. The van der Waals surface area contributed by atoms with Crippen molar-refractivity contribution in [1.82, 2.24) is 15.1 Å². The van der Waals surface area contributed by atoms with Crippen LogP contribution in [0.1, 0.15) is 31.9 Å². The number of sulfonamides is 1. The second kappa shape index (κ2) is 10.3. The largest absolute Gasteiger partial charge is 0.340 e. The maximum absolute atomic E-state index is 12.9. The van der Waals surface area contributed by atoms with Gasteiger partial charge < -0.3 is 9.84 Å². The third-order valence-electron chi connectivity index (χ3n) is 6.15. The summed E-state index contributed by atoms with van der Waals surface area (Å²) in [4.78, 5) is 9.10. The fourth-order valence-electron chi connectivity index (χ4n) is 4.00. The Bertz CT molecular complexity index is 1710. The van der Waals surface area contributed by atoms with Gasteiger partial charge in [0.25, 0.3) is 15.9 Å².